The van der Waals surface area contributed by atoms with Gasteiger partial charge in [0.2, 0.25) is 11.8 Å². The van der Waals surface area contributed by atoms with Crippen molar-refractivity contribution in [1.29, 1.82) is 0 Å². The second-order valence-electron chi connectivity index (χ2n) is 13.4. The highest BCUT2D eigenvalue weighted by Crippen LogP contribution is 2.33. The second kappa shape index (κ2) is 19.5. The van der Waals surface area contributed by atoms with Gasteiger partial charge in [-0.15, -0.1) is 0 Å². The molecule has 52 heavy (non-hydrogen) atoms. The van der Waals surface area contributed by atoms with Gasteiger partial charge in [0.05, 0.1) is 70.2 Å². The summed E-state index contributed by atoms with van der Waals surface area (Å²) in [5.41, 5.74) is 3.60. The number of ether oxygens (including phenoxy) is 6. The van der Waals surface area contributed by atoms with E-state index in [9.17, 15) is 9.59 Å². The van der Waals surface area contributed by atoms with Crippen LogP contribution in [0.3, 0.4) is 0 Å². The van der Waals surface area contributed by atoms with Gasteiger partial charge < -0.3 is 44.0 Å². The number of carbonyl (C=O) groups excluding carboxylic acids is 2. The molecule has 3 aromatic rings. The van der Waals surface area contributed by atoms with Crippen molar-refractivity contribution < 1.29 is 38.0 Å². The molecule has 1 aromatic carbocycles. The standard InChI is InChI=1S/C39H51N5O8/c1-47-37-11-7-30(24-42-37)39(46)44-14-12-28-6-9-33(22-31(28)26-44)52-27-32-8-10-34(25-41-32)51-21-20-50-19-18-49-17-16-48-15-13-40-38(45)36-23-29-4-2-3-5-35(29)43-36/h6-11,22,24-25,29,35-36,43H,2-5,12-21,23,26-27H2,1H3,(H,40,45)/t29-,35-,36-/m0/s1. The second-order valence-corrected chi connectivity index (χ2v) is 13.4. The Kier molecular flexibility index (Phi) is 14.1. The molecule has 1 saturated heterocycles. The molecule has 2 amide bonds. The van der Waals surface area contributed by atoms with Gasteiger partial charge in [0.1, 0.15) is 24.7 Å². The fourth-order valence-corrected chi connectivity index (χ4v) is 7.00. The first kappa shape index (κ1) is 37.5. The van der Waals surface area contributed by atoms with E-state index >= 15 is 0 Å². The van der Waals surface area contributed by atoms with Crippen LogP contribution in [-0.2, 0) is 38.6 Å². The molecule has 2 aliphatic heterocycles. The number of aromatic nitrogens is 2. The van der Waals surface area contributed by atoms with Crippen LogP contribution in [0.5, 0.6) is 17.4 Å². The lowest BCUT2D eigenvalue weighted by Crippen LogP contribution is -2.44. The lowest BCUT2D eigenvalue weighted by molar-refractivity contribution is -0.123. The number of rotatable bonds is 19. The molecule has 280 valence electrons. The summed E-state index contributed by atoms with van der Waals surface area (Å²) >= 11 is 0. The predicted molar refractivity (Wildman–Crippen MR) is 192 cm³/mol. The third kappa shape index (κ3) is 10.9. The van der Waals surface area contributed by atoms with Gasteiger partial charge in [0.25, 0.3) is 5.91 Å². The van der Waals surface area contributed by atoms with E-state index in [4.69, 9.17) is 28.4 Å². The molecule has 3 aliphatic rings. The SMILES string of the molecule is COc1ccc(C(=O)N2CCc3ccc(OCc4ccc(OCCOCCOCCOCCNC(=O)[C@@H]5C[C@@H]6CCCC[C@@H]6N5)cn4)cc3C2)cn1. The average molecular weight is 718 g/mol. The van der Waals surface area contributed by atoms with E-state index in [2.05, 4.69) is 26.7 Å². The zero-order chi connectivity index (χ0) is 36.0. The Morgan fingerprint density at radius 3 is 2.38 bits per heavy atom. The summed E-state index contributed by atoms with van der Waals surface area (Å²) in [6, 6.07) is 13.7. The van der Waals surface area contributed by atoms with Gasteiger partial charge in [-0.25, -0.2) is 4.98 Å². The van der Waals surface area contributed by atoms with Crippen LogP contribution in [-0.4, -0.2) is 105 Å². The average Bonchev–Trinajstić information content (AvgIpc) is 3.63. The summed E-state index contributed by atoms with van der Waals surface area (Å²) in [6.07, 6.45) is 9.95. The number of amides is 2. The molecule has 4 heterocycles. The minimum absolute atomic E-state index is 0.0552. The van der Waals surface area contributed by atoms with Gasteiger partial charge >= 0.3 is 0 Å². The van der Waals surface area contributed by atoms with E-state index in [1.54, 1.807) is 31.6 Å². The zero-order valence-corrected chi connectivity index (χ0v) is 30.1. The lowest BCUT2D eigenvalue weighted by Gasteiger charge is -2.29. The molecule has 2 N–H and O–H groups in total. The van der Waals surface area contributed by atoms with Crippen LogP contribution in [0.25, 0.3) is 0 Å². The van der Waals surface area contributed by atoms with E-state index in [0.29, 0.717) is 102 Å². The van der Waals surface area contributed by atoms with Crippen LogP contribution in [0.2, 0.25) is 0 Å². The fourth-order valence-electron chi connectivity index (χ4n) is 7.00. The zero-order valence-electron chi connectivity index (χ0n) is 30.1. The summed E-state index contributed by atoms with van der Waals surface area (Å²) in [5, 5.41) is 6.50. The number of carbonyl (C=O) groups is 2. The molecule has 0 unspecified atom stereocenters. The van der Waals surface area contributed by atoms with Gasteiger partial charge in [0.15, 0.2) is 0 Å². The molecular formula is C39H51N5O8. The first-order valence-electron chi connectivity index (χ1n) is 18.4. The topological polar surface area (TPSA) is 143 Å². The van der Waals surface area contributed by atoms with Crippen molar-refractivity contribution >= 4 is 11.8 Å². The van der Waals surface area contributed by atoms with Gasteiger partial charge in [0, 0.05) is 37.9 Å². The van der Waals surface area contributed by atoms with E-state index in [0.717, 1.165) is 29.8 Å². The largest absolute Gasteiger partial charge is 0.490 e. The number of nitrogens with zero attached hydrogens (tertiary/aromatic N) is 3. The highest BCUT2D eigenvalue weighted by Gasteiger charge is 2.38. The molecular weight excluding hydrogens is 666 g/mol. The highest BCUT2D eigenvalue weighted by molar-refractivity contribution is 5.94. The van der Waals surface area contributed by atoms with E-state index in [1.165, 1.54) is 31.2 Å². The van der Waals surface area contributed by atoms with Crippen LogP contribution in [0, 0.1) is 5.92 Å². The van der Waals surface area contributed by atoms with Crippen LogP contribution in [0.4, 0.5) is 0 Å². The number of nitrogens with one attached hydrogen (secondary N) is 2. The Morgan fingerprint density at radius 1 is 0.846 bits per heavy atom. The number of fused-ring (bicyclic) bond motifs is 2. The number of benzene rings is 1. The van der Waals surface area contributed by atoms with Gasteiger partial charge in [-0.05, 0) is 73.1 Å². The predicted octanol–water partition coefficient (Wildman–Crippen LogP) is 3.73. The maximum Gasteiger partial charge on any atom is 0.255 e. The molecule has 13 heteroatoms. The molecule has 1 saturated carbocycles. The number of hydrogen-bond donors (Lipinski definition) is 2. The van der Waals surface area contributed by atoms with Gasteiger partial charge in [-0.2, -0.15) is 0 Å². The summed E-state index contributed by atoms with van der Waals surface area (Å²) in [6.45, 7) is 5.13. The molecule has 3 atom stereocenters. The Morgan fingerprint density at radius 2 is 1.63 bits per heavy atom. The van der Waals surface area contributed by atoms with Crippen molar-refractivity contribution in [2.45, 2.75) is 63.8 Å². The van der Waals surface area contributed by atoms with Crippen molar-refractivity contribution in [3.63, 3.8) is 0 Å². The molecule has 0 bridgehead atoms. The highest BCUT2D eigenvalue weighted by atomic mass is 16.6. The molecule has 1 aliphatic carbocycles. The van der Waals surface area contributed by atoms with Crippen molar-refractivity contribution in [3.05, 3.63) is 77.2 Å². The first-order chi connectivity index (χ1) is 25.6. The summed E-state index contributed by atoms with van der Waals surface area (Å²) in [5.74, 6) is 2.55. The lowest BCUT2D eigenvalue weighted by atomic mass is 9.85. The van der Waals surface area contributed by atoms with Crippen molar-refractivity contribution in [3.8, 4) is 17.4 Å². The van der Waals surface area contributed by atoms with Crippen molar-refractivity contribution in [1.82, 2.24) is 25.5 Å². The molecule has 0 radical (unpaired) electrons. The normalized spacial score (nSPS) is 19.4. The first-order valence-corrected chi connectivity index (χ1v) is 18.4. The van der Waals surface area contributed by atoms with Crippen LogP contribution in [0.15, 0.2) is 54.9 Å². The Labute approximate surface area is 305 Å². The third-order valence-electron chi connectivity index (χ3n) is 9.82. The maximum absolute atomic E-state index is 13.0. The molecule has 2 fully saturated rings. The van der Waals surface area contributed by atoms with Crippen LogP contribution >= 0.6 is 0 Å². The minimum atomic E-state index is -0.0583. The quantitative estimate of drug-likeness (QED) is 0.175. The molecule has 6 rings (SSSR count). The Balaban J connectivity index is 0.775. The van der Waals surface area contributed by atoms with Crippen LogP contribution in [0.1, 0.15) is 59.3 Å². The molecule has 0 spiro atoms. The number of hydrogen-bond acceptors (Lipinski definition) is 11. The van der Waals surface area contributed by atoms with Crippen LogP contribution < -0.4 is 24.8 Å². The Bertz CT molecular complexity index is 1560. The monoisotopic (exact) mass is 717 g/mol. The summed E-state index contributed by atoms with van der Waals surface area (Å²) in [7, 11) is 1.55. The maximum atomic E-state index is 13.0. The van der Waals surface area contributed by atoms with E-state index in [1.807, 2.05) is 29.2 Å². The smallest absolute Gasteiger partial charge is 0.255 e. The summed E-state index contributed by atoms with van der Waals surface area (Å²) in [4.78, 5) is 35.9. The molecule has 13 nitrogen and oxygen atoms in total. The third-order valence-corrected chi connectivity index (χ3v) is 9.82. The van der Waals surface area contributed by atoms with Gasteiger partial charge in [-0.1, -0.05) is 18.9 Å². The van der Waals surface area contributed by atoms with E-state index < -0.39 is 0 Å². The van der Waals surface area contributed by atoms with Crippen molar-refractivity contribution in [2.24, 2.45) is 5.92 Å². The minimum Gasteiger partial charge on any atom is -0.490 e. The van der Waals surface area contributed by atoms with E-state index in [-0.39, 0.29) is 17.9 Å². The van der Waals surface area contributed by atoms with Crippen molar-refractivity contribution in [2.75, 3.05) is 66.4 Å². The summed E-state index contributed by atoms with van der Waals surface area (Å²) < 4.78 is 33.6. The Hall–Kier alpha value is -4.30. The number of methoxy groups -OCH3 is 1. The molecule has 2 aromatic heterocycles. The fraction of sp³-hybridized carbons (Fsp3) is 0.538. The van der Waals surface area contributed by atoms with Gasteiger partial charge in [-0.3, -0.25) is 14.6 Å². The number of pyridine rings is 2.